The number of nitrogens with zero attached hydrogens (tertiary/aromatic N) is 1. The molecule has 0 saturated heterocycles. The number of carbonyl (C=O) groups excluding carboxylic acids is 2. The molecule has 0 spiro atoms. The van der Waals surface area contributed by atoms with Crippen LogP contribution < -0.4 is 16.3 Å². The first-order valence-electron chi connectivity index (χ1n) is 9.54. The number of pyridine rings is 1. The lowest BCUT2D eigenvalue weighted by Gasteiger charge is -2.19. The predicted molar refractivity (Wildman–Crippen MR) is 105 cm³/mol. The number of rotatable bonds is 5. The minimum atomic E-state index is -0.453. The van der Waals surface area contributed by atoms with E-state index in [-0.39, 0.29) is 11.9 Å². The summed E-state index contributed by atoms with van der Waals surface area (Å²) in [6.45, 7) is 0.430. The fraction of sp³-hybridized carbons (Fsp3) is 0.286. The first-order chi connectivity index (χ1) is 14.2. The van der Waals surface area contributed by atoms with E-state index in [0.29, 0.717) is 25.0 Å². The lowest BCUT2D eigenvalue weighted by atomic mass is 10.0. The summed E-state index contributed by atoms with van der Waals surface area (Å²) in [7, 11) is 0. The molecule has 2 atom stereocenters. The van der Waals surface area contributed by atoms with Crippen molar-refractivity contribution >= 4 is 23.1 Å². The fourth-order valence-corrected chi connectivity index (χ4v) is 3.89. The molecule has 2 amide bonds. The van der Waals surface area contributed by atoms with Crippen LogP contribution in [0, 0.1) is 5.92 Å². The molecule has 8 heteroatoms. The number of amides is 2. The van der Waals surface area contributed by atoms with E-state index in [1.54, 1.807) is 30.0 Å². The number of hydrogen-bond acceptors (Lipinski definition) is 6. The van der Waals surface area contributed by atoms with E-state index in [4.69, 9.17) is 10.0 Å². The van der Waals surface area contributed by atoms with Crippen LogP contribution in [0.1, 0.15) is 40.7 Å². The van der Waals surface area contributed by atoms with E-state index >= 15 is 0 Å². The Hall–Kier alpha value is -3.23. The van der Waals surface area contributed by atoms with Gasteiger partial charge in [-0.15, -0.1) is 0 Å². The summed E-state index contributed by atoms with van der Waals surface area (Å²) in [6.07, 6.45) is 5.70. The van der Waals surface area contributed by atoms with Crippen molar-refractivity contribution in [3.05, 3.63) is 65.5 Å². The number of carbonyl (C=O) groups is 2. The highest BCUT2D eigenvalue weighted by Crippen LogP contribution is 2.29. The smallest absolute Gasteiger partial charge is 0.251 e. The zero-order valence-corrected chi connectivity index (χ0v) is 15.7. The first kappa shape index (κ1) is 19.1. The molecule has 2 heterocycles. The minimum Gasteiger partial charge on any atom is -0.349 e. The Kier molecular flexibility index (Phi) is 5.55. The third-order valence-electron chi connectivity index (χ3n) is 5.42. The minimum absolute atomic E-state index is 0.240. The van der Waals surface area contributed by atoms with Crippen LogP contribution in [-0.4, -0.2) is 34.7 Å². The van der Waals surface area contributed by atoms with Gasteiger partial charge in [0.25, 0.3) is 5.91 Å². The van der Waals surface area contributed by atoms with Gasteiger partial charge in [0, 0.05) is 40.7 Å². The number of hydroxylamine groups is 2. The molecule has 150 valence electrons. The zero-order valence-electron chi connectivity index (χ0n) is 15.7. The second kappa shape index (κ2) is 8.42. The van der Waals surface area contributed by atoms with Crippen molar-refractivity contribution in [2.24, 2.45) is 5.92 Å². The third kappa shape index (κ3) is 3.98. The Balaban J connectivity index is 1.49. The van der Waals surface area contributed by atoms with Crippen LogP contribution >= 0.6 is 0 Å². The molecule has 2 aliphatic rings. The fourth-order valence-electron chi connectivity index (χ4n) is 3.89. The first-order valence-corrected chi connectivity index (χ1v) is 9.54. The van der Waals surface area contributed by atoms with Crippen molar-refractivity contribution in [2.75, 3.05) is 6.61 Å². The van der Waals surface area contributed by atoms with E-state index in [1.807, 2.05) is 24.3 Å². The van der Waals surface area contributed by atoms with Crippen LogP contribution in [-0.2, 0) is 9.63 Å². The normalized spacial score (nSPS) is 21.0. The second-order valence-corrected chi connectivity index (χ2v) is 7.16. The molecule has 1 aromatic carbocycles. The summed E-state index contributed by atoms with van der Waals surface area (Å²) in [6, 6.07) is 10.8. The monoisotopic (exact) mass is 394 g/mol. The van der Waals surface area contributed by atoms with Crippen LogP contribution in [0.5, 0.6) is 0 Å². The molecule has 2 unspecified atom stereocenters. The van der Waals surface area contributed by atoms with Crippen molar-refractivity contribution in [1.82, 2.24) is 21.3 Å². The number of benzene rings is 1. The SMILES string of the molecule is O=C(NC1CCCC1C(=O)NO)c1ccc(C2=C(c3cccnc3)CON2)cc1. The highest BCUT2D eigenvalue weighted by Gasteiger charge is 2.34. The van der Waals surface area contributed by atoms with Crippen molar-refractivity contribution in [3.8, 4) is 0 Å². The Morgan fingerprint density at radius 3 is 2.69 bits per heavy atom. The van der Waals surface area contributed by atoms with E-state index in [2.05, 4.69) is 15.8 Å². The lowest BCUT2D eigenvalue weighted by Crippen LogP contribution is -2.43. The number of nitrogens with one attached hydrogen (secondary N) is 3. The average Bonchev–Trinajstić information content (AvgIpc) is 3.43. The lowest BCUT2D eigenvalue weighted by molar-refractivity contribution is -0.133. The Morgan fingerprint density at radius 2 is 1.97 bits per heavy atom. The number of hydrogen-bond donors (Lipinski definition) is 4. The molecule has 8 nitrogen and oxygen atoms in total. The molecule has 29 heavy (non-hydrogen) atoms. The Morgan fingerprint density at radius 1 is 1.14 bits per heavy atom. The molecule has 1 fully saturated rings. The van der Waals surface area contributed by atoms with Gasteiger partial charge in [0.1, 0.15) is 6.61 Å². The van der Waals surface area contributed by atoms with E-state index < -0.39 is 11.8 Å². The van der Waals surface area contributed by atoms with Gasteiger partial charge in [-0.3, -0.25) is 30.1 Å². The Labute approximate surface area is 167 Å². The standard InChI is InChI=1S/C21H22N4O4/c26-20(23-18-5-1-4-16(18)21(27)24-28)14-8-6-13(7-9-14)19-17(12-29-25-19)15-3-2-10-22-11-15/h2-3,6-11,16,18,25,28H,1,4-5,12H2,(H,23,26)(H,24,27). The molecule has 1 aliphatic heterocycles. The zero-order chi connectivity index (χ0) is 20.2. The molecule has 4 rings (SSSR count). The van der Waals surface area contributed by atoms with Gasteiger partial charge in [-0.1, -0.05) is 24.6 Å². The van der Waals surface area contributed by atoms with E-state index in [1.165, 1.54) is 0 Å². The summed E-state index contributed by atoms with van der Waals surface area (Å²) >= 11 is 0. The molecule has 2 aromatic rings. The van der Waals surface area contributed by atoms with Crippen molar-refractivity contribution in [3.63, 3.8) is 0 Å². The summed E-state index contributed by atoms with van der Waals surface area (Å²) in [5, 5.41) is 11.8. The molecular formula is C21H22N4O4. The van der Waals surface area contributed by atoms with Gasteiger partial charge in [0.2, 0.25) is 5.91 Å². The highest BCUT2D eigenvalue weighted by atomic mass is 16.6. The molecule has 0 bridgehead atoms. The molecule has 1 aliphatic carbocycles. The molecule has 0 radical (unpaired) electrons. The molecule has 1 saturated carbocycles. The highest BCUT2D eigenvalue weighted by molar-refractivity contribution is 5.96. The third-order valence-corrected chi connectivity index (χ3v) is 5.42. The van der Waals surface area contributed by atoms with Gasteiger partial charge in [0.15, 0.2) is 0 Å². The van der Waals surface area contributed by atoms with Crippen molar-refractivity contribution < 1.29 is 19.6 Å². The van der Waals surface area contributed by atoms with Crippen molar-refractivity contribution in [1.29, 1.82) is 0 Å². The molecule has 4 N–H and O–H groups in total. The van der Waals surface area contributed by atoms with Gasteiger partial charge in [0.05, 0.1) is 11.6 Å². The molecular weight excluding hydrogens is 372 g/mol. The molecule has 1 aromatic heterocycles. The largest absolute Gasteiger partial charge is 0.349 e. The van der Waals surface area contributed by atoms with Gasteiger partial charge in [-0.25, -0.2) is 5.48 Å². The summed E-state index contributed by atoms with van der Waals surface area (Å²) in [5.74, 6) is -1.10. The van der Waals surface area contributed by atoms with Gasteiger partial charge < -0.3 is 5.32 Å². The maximum Gasteiger partial charge on any atom is 0.251 e. The van der Waals surface area contributed by atoms with Crippen LogP contribution in [0.4, 0.5) is 0 Å². The summed E-state index contributed by atoms with van der Waals surface area (Å²) < 4.78 is 0. The van der Waals surface area contributed by atoms with Gasteiger partial charge in [-0.05, 0) is 31.0 Å². The maximum absolute atomic E-state index is 12.6. The predicted octanol–water partition coefficient (Wildman–Crippen LogP) is 1.89. The number of aromatic nitrogens is 1. The van der Waals surface area contributed by atoms with Gasteiger partial charge >= 0.3 is 0 Å². The van der Waals surface area contributed by atoms with Crippen molar-refractivity contribution in [2.45, 2.75) is 25.3 Å². The van der Waals surface area contributed by atoms with Crippen LogP contribution in [0.3, 0.4) is 0 Å². The van der Waals surface area contributed by atoms with Crippen LogP contribution in [0.2, 0.25) is 0 Å². The summed E-state index contributed by atoms with van der Waals surface area (Å²) in [5.41, 5.74) is 8.85. The van der Waals surface area contributed by atoms with E-state index in [9.17, 15) is 9.59 Å². The summed E-state index contributed by atoms with van der Waals surface area (Å²) in [4.78, 5) is 33.9. The van der Waals surface area contributed by atoms with Crippen LogP contribution in [0.15, 0.2) is 48.8 Å². The van der Waals surface area contributed by atoms with Crippen LogP contribution in [0.25, 0.3) is 11.3 Å². The maximum atomic E-state index is 12.6. The van der Waals surface area contributed by atoms with Gasteiger partial charge in [-0.2, -0.15) is 0 Å². The topological polar surface area (TPSA) is 113 Å². The Bertz CT molecular complexity index is 927. The average molecular weight is 394 g/mol. The quantitative estimate of drug-likeness (QED) is 0.455. The van der Waals surface area contributed by atoms with E-state index in [0.717, 1.165) is 28.8 Å². The second-order valence-electron chi connectivity index (χ2n) is 7.16.